The zero-order chi connectivity index (χ0) is 20.5. The van der Waals surface area contributed by atoms with Crippen LogP contribution in [0.3, 0.4) is 0 Å². The van der Waals surface area contributed by atoms with Crippen molar-refractivity contribution in [3.63, 3.8) is 0 Å². The fourth-order valence-corrected chi connectivity index (χ4v) is 4.02. The average Bonchev–Trinajstić information content (AvgIpc) is 3.32. The number of rotatable bonds is 4. The van der Waals surface area contributed by atoms with Crippen LogP contribution in [0.2, 0.25) is 5.02 Å². The van der Waals surface area contributed by atoms with E-state index in [0.29, 0.717) is 32.4 Å². The summed E-state index contributed by atoms with van der Waals surface area (Å²) >= 11 is 7.50. The summed E-state index contributed by atoms with van der Waals surface area (Å²) in [4.78, 5) is 28.3. The smallest absolute Gasteiger partial charge is 0.282 e. The Morgan fingerprint density at radius 2 is 1.83 bits per heavy atom. The molecule has 142 valence electrons. The van der Waals surface area contributed by atoms with E-state index in [1.54, 1.807) is 42.5 Å². The van der Waals surface area contributed by atoms with Crippen LogP contribution in [0.1, 0.15) is 16.0 Å². The SMILES string of the molecule is Cc1ccc(Cl)cc1NC1=C(c2cccs2)C(=O)N(c2ccc(C#N)cc2)C1=O. The highest BCUT2D eigenvalue weighted by Crippen LogP contribution is 2.36. The number of hydrogen-bond donors (Lipinski definition) is 1. The van der Waals surface area contributed by atoms with Crippen LogP contribution in [-0.2, 0) is 9.59 Å². The Bertz CT molecular complexity index is 1190. The fourth-order valence-electron chi connectivity index (χ4n) is 3.08. The van der Waals surface area contributed by atoms with Gasteiger partial charge in [0.1, 0.15) is 5.70 Å². The molecule has 4 rings (SSSR count). The molecule has 0 saturated heterocycles. The van der Waals surface area contributed by atoms with Crippen LogP contribution in [0.25, 0.3) is 5.57 Å². The van der Waals surface area contributed by atoms with Gasteiger partial charge in [-0.15, -0.1) is 11.3 Å². The minimum absolute atomic E-state index is 0.201. The Hall–Kier alpha value is -3.40. The fraction of sp³-hybridized carbons (Fsp3) is 0.0455. The molecular weight excluding hydrogens is 406 g/mol. The number of hydrogen-bond acceptors (Lipinski definition) is 5. The maximum absolute atomic E-state index is 13.3. The number of halogens is 1. The second kappa shape index (κ2) is 7.55. The number of anilines is 2. The van der Waals surface area contributed by atoms with Gasteiger partial charge in [-0.25, -0.2) is 4.90 Å². The van der Waals surface area contributed by atoms with Gasteiger partial charge < -0.3 is 5.32 Å². The molecule has 0 spiro atoms. The van der Waals surface area contributed by atoms with Crippen molar-refractivity contribution in [3.8, 4) is 6.07 Å². The van der Waals surface area contributed by atoms with Crippen LogP contribution in [0, 0.1) is 18.3 Å². The molecule has 1 N–H and O–H groups in total. The third-order valence-corrected chi connectivity index (χ3v) is 5.69. The number of imide groups is 1. The first-order valence-electron chi connectivity index (χ1n) is 8.70. The van der Waals surface area contributed by atoms with Gasteiger partial charge in [0, 0.05) is 15.6 Å². The van der Waals surface area contributed by atoms with Crippen molar-refractivity contribution in [1.29, 1.82) is 5.26 Å². The molecule has 0 unspecified atom stereocenters. The maximum Gasteiger partial charge on any atom is 0.282 e. The van der Waals surface area contributed by atoms with Crippen LogP contribution in [-0.4, -0.2) is 11.8 Å². The zero-order valence-corrected chi connectivity index (χ0v) is 16.8. The lowest BCUT2D eigenvalue weighted by Crippen LogP contribution is -2.32. The summed E-state index contributed by atoms with van der Waals surface area (Å²) < 4.78 is 0. The maximum atomic E-state index is 13.3. The molecule has 29 heavy (non-hydrogen) atoms. The predicted octanol–water partition coefficient (Wildman–Crippen LogP) is 4.98. The molecular formula is C22H14ClN3O2S. The first kappa shape index (κ1) is 18.9. The molecule has 0 bridgehead atoms. The van der Waals surface area contributed by atoms with Crippen LogP contribution in [0.4, 0.5) is 11.4 Å². The molecule has 3 aromatic rings. The van der Waals surface area contributed by atoms with Crippen molar-refractivity contribution in [2.45, 2.75) is 6.92 Å². The summed E-state index contributed by atoms with van der Waals surface area (Å²) in [6.07, 6.45) is 0. The van der Waals surface area contributed by atoms with Crippen molar-refractivity contribution in [2.75, 3.05) is 10.2 Å². The summed E-state index contributed by atoms with van der Waals surface area (Å²) in [5.41, 5.74) is 2.93. The molecule has 1 aliphatic rings. The zero-order valence-electron chi connectivity index (χ0n) is 15.3. The van der Waals surface area contributed by atoms with Crippen LogP contribution < -0.4 is 10.2 Å². The number of carbonyl (C=O) groups is 2. The quantitative estimate of drug-likeness (QED) is 0.605. The van der Waals surface area contributed by atoms with E-state index in [9.17, 15) is 9.59 Å². The molecule has 0 radical (unpaired) electrons. The van der Waals surface area contributed by atoms with Gasteiger partial charge in [-0.1, -0.05) is 23.7 Å². The van der Waals surface area contributed by atoms with E-state index in [1.165, 1.54) is 11.3 Å². The van der Waals surface area contributed by atoms with Gasteiger partial charge >= 0.3 is 0 Å². The monoisotopic (exact) mass is 419 g/mol. The average molecular weight is 420 g/mol. The lowest BCUT2D eigenvalue weighted by molar-refractivity contribution is -0.120. The topological polar surface area (TPSA) is 73.2 Å². The number of benzene rings is 2. The van der Waals surface area contributed by atoms with Gasteiger partial charge in [0.15, 0.2) is 0 Å². The van der Waals surface area contributed by atoms with E-state index in [4.69, 9.17) is 16.9 Å². The predicted molar refractivity (Wildman–Crippen MR) is 115 cm³/mol. The minimum Gasteiger partial charge on any atom is -0.350 e. The number of carbonyl (C=O) groups excluding carboxylic acids is 2. The van der Waals surface area contributed by atoms with E-state index in [0.717, 1.165) is 10.5 Å². The Morgan fingerprint density at radius 3 is 2.48 bits per heavy atom. The van der Waals surface area contributed by atoms with Gasteiger partial charge in [-0.3, -0.25) is 9.59 Å². The number of amides is 2. The Labute approximate surface area is 176 Å². The highest BCUT2D eigenvalue weighted by molar-refractivity contribution is 7.11. The highest BCUT2D eigenvalue weighted by Gasteiger charge is 2.40. The first-order chi connectivity index (χ1) is 14.0. The van der Waals surface area contributed by atoms with Crippen LogP contribution in [0.5, 0.6) is 0 Å². The lowest BCUT2D eigenvalue weighted by atomic mass is 10.1. The summed E-state index contributed by atoms with van der Waals surface area (Å²) in [5, 5.41) is 14.5. The van der Waals surface area contributed by atoms with Crippen molar-refractivity contribution in [2.24, 2.45) is 0 Å². The van der Waals surface area contributed by atoms with Gasteiger partial charge in [-0.05, 0) is 60.3 Å². The van der Waals surface area contributed by atoms with Crippen LogP contribution >= 0.6 is 22.9 Å². The Balaban J connectivity index is 1.80. The number of thiophene rings is 1. The largest absolute Gasteiger partial charge is 0.350 e. The number of nitrogens with zero attached hydrogens (tertiary/aromatic N) is 2. The molecule has 5 nitrogen and oxygen atoms in total. The second-order valence-corrected chi connectivity index (χ2v) is 7.80. The molecule has 0 saturated carbocycles. The normalized spacial score (nSPS) is 13.8. The van der Waals surface area contributed by atoms with Crippen molar-refractivity contribution in [1.82, 2.24) is 0 Å². The standard InChI is InChI=1S/C22H14ClN3O2S/c1-13-4-7-15(23)11-17(13)25-20-19(18-3-2-10-29-18)21(27)26(22(20)28)16-8-5-14(12-24)6-9-16/h2-11,25H,1H3. The second-order valence-electron chi connectivity index (χ2n) is 6.42. The highest BCUT2D eigenvalue weighted by atomic mass is 35.5. The number of nitriles is 1. The molecule has 1 aliphatic heterocycles. The van der Waals surface area contributed by atoms with Gasteiger partial charge in [0.2, 0.25) is 0 Å². The van der Waals surface area contributed by atoms with Crippen molar-refractivity contribution in [3.05, 3.63) is 86.7 Å². The number of aryl methyl sites for hydroxylation is 1. The molecule has 2 aromatic carbocycles. The van der Waals surface area contributed by atoms with E-state index in [1.807, 2.05) is 30.5 Å². The van der Waals surface area contributed by atoms with E-state index >= 15 is 0 Å². The van der Waals surface area contributed by atoms with E-state index < -0.39 is 11.8 Å². The van der Waals surface area contributed by atoms with E-state index in [2.05, 4.69) is 5.32 Å². The summed E-state index contributed by atoms with van der Waals surface area (Å²) in [6.45, 7) is 1.89. The van der Waals surface area contributed by atoms with Gasteiger partial charge in [0.05, 0.1) is 22.9 Å². The molecule has 2 heterocycles. The Kier molecular flexibility index (Phi) is 4.93. The molecule has 2 amide bonds. The van der Waals surface area contributed by atoms with E-state index in [-0.39, 0.29) is 5.70 Å². The van der Waals surface area contributed by atoms with Crippen LogP contribution in [0.15, 0.2) is 65.7 Å². The van der Waals surface area contributed by atoms with Crippen molar-refractivity contribution >= 4 is 51.7 Å². The molecule has 1 aromatic heterocycles. The summed E-state index contributed by atoms with van der Waals surface area (Å²) in [6, 6.07) is 17.3. The summed E-state index contributed by atoms with van der Waals surface area (Å²) in [7, 11) is 0. The minimum atomic E-state index is -0.456. The van der Waals surface area contributed by atoms with Gasteiger partial charge in [0.25, 0.3) is 11.8 Å². The third kappa shape index (κ3) is 3.42. The molecule has 0 fully saturated rings. The van der Waals surface area contributed by atoms with Crippen molar-refractivity contribution < 1.29 is 9.59 Å². The third-order valence-electron chi connectivity index (χ3n) is 4.57. The lowest BCUT2D eigenvalue weighted by Gasteiger charge is -2.16. The summed E-state index contributed by atoms with van der Waals surface area (Å²) in [5.74, 6) is -0.869. The van der Waals surface area contributed by atoms with Gasteiger partial charge in [-0.2, -0.15) is 5.26 Å². The molecule has 0 aliphatic carbocycles. The molecule has 0 atom stereocenters. The number of nitrogens with one attached hydrogen (secondary N) is 1. The first-order valence-corrected chi connectivity index (χ1v) is 9.95. The molecule has 7 heteroatoms. The Morgan fingerprint density at radius 1 is 1.07 bits per heavy atom.